The fourth-order valence-corrected chi connectivity index (χ4v) is 1.96. The van der Waals surface area contributed by atoms with Gasteiger partial charge in [0.1, 0.15) is 23.6 Å². The molecule has 0 atom stereocenters. The minimum atomic E-state index is 0.411. The Morgan fingerprint density at radius 2 is 1.65 bits per heavy atom. The highest BCUT2D eigenvalue weighted by Crippen LogP contribution is 2.28. The molecule has 3 rings (SSSR count). The molecule has 3 aromatic rings. The van der Waals surface area contributed by atoms with E-state index in [9.17, 15) is 0 Å². The van der Waals surface area contributed by atoms with Gasteiger partial charge in [0.2, 0.25) is 0 Å². The second kappa shape index (κ2) is 6.61. The van der Waals surface area contributed by atoms with Crippen LogP contribution in [0.3, 0.4) is 0 Å². The van der Waals surface area contributed by atoms with Crippen molar-refractivity contribution in [2.24, 2.45) is 0 Å². The van der Waals surface area contributed by atoms with E-state index < -0.39 is 0 Å². The zero-order valence-electron chi connectivity index (χ0n) is 12.5. The van der Waals surface area contributed by atoms with Crippen LogP contribution in [-0.2, 0) is 0 Å². The number of nitrogens with two attached hydrogens (primary N) is 1. The third kappa shape index (κ3) is 3.46. The molecular weight excluding hydrogens is 292 g/mol. The molecule has 0 aliphatic carbocycles. The van der Waals surface area contributed by atoms with Crippen LogP contribution in [-0.4, -0.2) is 22.1 Å². The predicted octanol–water partition coefficient (Wildman–Crippen LogP) is 2.95. The fraction of sp³-hybridized carbons (Fsp3) is 0.0625. The van der Waals surface area contributed by atoms with Crippen molar-refractivity contribution in [3.63, 3.8) is 0 Å². The zero-order chi connectivity index (χ0) is 16.1. The van der Waals surface area contributed by atoms with Gasteiger partial charge in [-0.1, -0.05) is 6.07 Å². The number of hydrogen-bond acceptors (Lipinski definition) is 7. The number of benzene rings is 1. The van der Waals surface area contributed by atoms with Crippen molar-refractivity contribution >= 4 is 28.8 Å². The number of anilines is 5. The Kier molecular flexibility index (Phi) is 4.19. The van der Waals surface area contributed by atoms with E-state index in [-0.39, 0.29) is 0 Å². The summed E-state index contributed by atoms with van der Waals surface area (Å²) in [5.74, 6) is 2.45. The highest BCUT2D eigenvalue weighted by molar-refractivity contribution is 5.79. The number of nitrogens with one attached hydrogen (secondary N) is 2. The Bertz CT molecular complexity index is 776. The first-order valence-corrected chi connectivity index (χ1v) is 6.96. The van der Waals surface area contributed by atoms with E-state index in [0.717, 1.165) is 11.4 Å². The highest BCUT2D eigenvalue weighted by atomic mass is 16.5. The van der Waals surface area contributed by atoms with Crippen LogP contribution in [0.1, 0.15) is 0 Å². The maximum absolute atomic E-state index is 6.13. The second-order valence-electron chi connectivity index (χ2n) is 4.68. The maximum Gasteiger partial charge on any atom is 0.160 e. The second-order valence-corrected chi connectivity index (χ2v) is 4.68. The van der Waals surface area contributed by atoms with Crippen molar-refractivity contribution < 1.29 is 4.74 Å². The predicted molar refractivity (Wildman–Crippen MR) is 90.2 cm³/mol. The van der Waals surface area contributed by atoms with Crippen LogP contribution in [0.25, 0.3) is 0 Å². The summed E-state index contributed by atoms with van der Waals surface area (Å²) in [5.41, 5.74) is 7.39. The third-order valence-corrected chi connectivity index (χ3v) is 3.15. The molecular formula is C16H16N6O. The smallest absolute Gasteiger partial charge is 0.160 e. The topological polar surface area (TPSA) is 98.0 Å². The van der Waals surface area contributed by atoms with Crippen molar-refractivity contribution in [3.05, 3.63) is 55.0 Å². The van der Waals surface area contributed by atoms with Gasteiger partial charge in [-0.3, -0.25) is 0 Å². The summed E-state index contributed by atoms with van der Waals surface area (Å²) in [5, 5.41) is 6.23. The van der Waals surface area contributed by atoms with Gasteiger partial charge in [0.25, 0.3) is 0 Å². The van der Waals surface area contributed by atoms with Crippen LogP contribution >= 0.6 is 0 Å². The highest BCUT2D eigenvalue weighted by Gasteiger charge is 2.09. The van der Waals surface area contributed by atoms with Crippen LogP contribution < -0.4 is 21.1 Å². The summed E-state index contributed by atoms with van der Waals surface area (Å²) >= 11 is 0. The van der Waals surface area contributed by atoms with E-state index in [0.29, 0.717) is 23.1 Å². The molecule has 0 saturated carbocycles. The van der Waals surface area contributed by atoms with Crippen LogP contribution in [0.15, 0.2) is 55.0 Å². The number of hydrogen-bond donors (Lipinski definition) is 3. The van der Waals surface area contributed by atoms with Gasteiger partial charge in [-0.2, -0.15) is 0 Å². The largest absolute Gasteiger partial charge is 0.497 e. The van der Waals surface area contributed by atoms with Gasteiger partial charge in [0, 0.05) is 11.9 Å². The van der Waals surface area contributed by atoms with Gasteiger partial charge in [0.05, 0.1) is 7.11 Å². The van der Waals surface area contributed by atoms with Crippen LogP contribution in [0, 0.1) is 0 Å². The van der Waals surface area contributed by atoms with Crippen molar-refractivity contribution in [2.45, 2.75) is 0 Å². The molecule has 0 radical (unpaired) electrons. The average molecular weight is 308 g/mol. The zero-order valence-corrected chi connectivity index (χ0v) is 12.5. The molecule has 1 aromatic carbocycles. The number of nitrogen functional groups attached to an aromatic ring is 1. The van der Waals surface area contributed by atoms with Crippen molar-refractivity contribution in [1.82, 2.24) is 15.0 Å². The lowest BCUT2D eigenvalue weighted by Crippen LogP contribution is -2.05. The molecule has 0 bridgehead atoms. The van der Waals surface area contributed by atoms with Crippen LogP contribution in [0.5, 0.6) is 5.75 Å². The van der Waals surface area contributed by atoms with Crippen molar-refractivity contribution in [3.8, 4) is 5.75 Å². The number of nitrogens with zero attached hydrogens (tertiary/aromatic N) is 3. The van der Waals surface area contributed by atoms with Crippen LogP contribution in [0.4, 0.5) is 28.8 Å². The standard InChI is InChI=1S/C16H16N6O/c1-23-12-7-5-11(6-8-12)21-15-14(17)16(20-10-19-15)22-13-4-2-3-9-18-13/h2-10H,17H2,1H3,(H2,18,19,20,21,22). The molecule has 0 aliphatic heterocycles. The molecule has 0 amide bonds. The van der Waals surface area contributed by atoms with E-state index >= 15 is 0 Å². The molecule has 23 heavy (non-hydrogen) atoms. The molecule has 4 N–H and O–H groups in total. The first-order chi connectivity index (χ1) is 11.3. The normalized spacial score (nSPS) is 10.1. The summed E-state index contributed by atoms with van der Waals surface area (Å²) in [6.45, 7) is 0. The number of pyridine rings is 1. The molecule has 2 aromatic heterocycles. The van der Waals surface area contributed by atoms with Gasteiger partial charge < -0.3 is 21.1 Å². The van der Waals surface area contributed by atoms with E-state index in [1.165, 1.54) is 6.33 Å². The minimum absolute atomic E-state index is 0.411. The van der Waals surface area contributed by atoms with Crippen molar-refractivity contribution in [2.75, 3.05) is 23.5 Å². The van der Waals surface area contributed by atoms with E-state index in [1.54, 1.807) is 13.3 Å². The molecule has 0 unspecified atom stereocenters. The summed E-state index contributed by atoms with van der Waals surface area (Å²) in [6.07, 6.45) is 3.13. The Morgan fingerprint density at radius 1 is 0.913 bits per heavy atom. The van der Waals surface area contributed by atoms with Gasteiger partial charge in [-0.05, 0) is 36.4 Å². The fourth-order valence-electron chi connectivity index (χ4n) is 1.96. The first-order valence-electron chi connectivity index (χ1n) is 6.96. The summed E-state index contributed by atoms with van der Waals surface area (Å²) in [6, 6.07) is 13.0. The van der Waals surface area contributed by atoms with E-state index in [1.807, 2.05) is 42.5 Å². The Balaban J connectivity index is 1.81. The molecule has 0 fully saturated rings. The van der Waals surface area contributed by atoms with Crippen molar-refractivity contribution in [1.29, 1.82) is 0 Å². The summed E-state index contributed by atoms with van der Waals surface area (Å²) in [7, 11) is 1.63. The minimum Gasteiger partial charge on any atom is -0.497 e. The van der Waals surface area contributed by atoms with Crippen LogP contribution in [0.2, 0.25) is 0 Å². The average Bonchev–Trinajstić information content (AvgIpc) is 2.60. The van der Waals surface area contributed by atoms with Gasteiger partial charge in [-0.25, -0.2) is 15.0 Å². The SMILES string of the molecule is COc1ccc(Nc2ncnc(Nc3ccccn3)c2N)cc1. The number of methoxy groups -OCH3 is 1. The Hall–Kier alpha value is -3.35. The number of aromatic nitrogens is 3. The molecule has 0 saturated heterocycles. The number of ether oxygens (including phenoxy) is 1. The molecule has 0 spiro atoms. The maximum atomic E-state index is 6.13. The van der Waals surface area contributed by atoms with Gasteiger partial charge in [0.15, 0.2) is 11.6 Å². The summed E-state index contributed by atoms with van der Waals surface area (Å²) < 4.78 is 5.13. The monoisotopic (exact) mass is 308 g/mol. The third-order valence-electron chi connectivity index (χ3n) is 3.15. The van der Waals surface area contributed by atoms with E-state index in [4.69, 9.17) is 10.5 Å². The van der Waals surface area contributed by atoms with Gasteiger partial charge in [-0.15, -0.1) is 0 Å². The first kappa shape index (κ1) is 14.6. The van der Waals surface area contributed by atoms with E-state index in [2.05, 4.69) is 25.6 Å². The molecule has 7 heteroatoms. The summed E-state index contributed by atoms with van der Waals surface area (Å²) in [4.78, 5) is 12.5. The molecule has 2 heterocycles. The van der Waals surface area contributed by atoms with Gasteiger partial charge >= 0.3 is 0 Å². The Morgan fingerprint density at radius 3 is 2.30 bits per heavy atom. The lowest BCUT2D eigenvalue weighted by Gasteiger charge is -2.12. The molecule has 116 valence electrons. The lowest BCUT2D eigenvalue weighted by molar-refractivity contribution is 0.415. The Labute approximate surface area is 133 Å². The molecule has 0 aliphatic rings. The lowest BCUT2D eigenvalue weighted by atomic mass is 10.3. The molecule has 7 nitrogen and oxygen atoms in total. The quantitative estimate of drug-likeness (QED) is 0.666. The number of rotatable bonds is 5.